The molecule has 2 N–H and O–H groups in total. The topological polar surface area (TPSA) is 52.6 Å². The molecule has 13 heavy (non-hydrogen) atoms. The van der Waals surface area contributed by atoms with E-state index in [0.29, 0.717) is 6.54 Å². The lowest BCUT2D eigenvalue weighted by molar-refractivity contribution is -0.151. The number of aliphatic hydroxyl groups is 1. The summed E-state index contributed by atoms with van der Waals surface area (Å²) in [7, 11) is 1.81. The van der Waals surface area contributed by atoms with Gasteiger partial charge in [0, 0.05) is 19.5 Å². The van der Waals surface area contributed by atoms with E-state index in [4.69, 9.17) is 0 Å². The van der Waals surface area contributed by atoms with Crippen LogP contribution in [0.4, 0.5) is 4.39 Å². The Balaban J connectivity index is 2.32. The van der Waals surface area contributed by atoms with Gasteiger partial charge in [-0.05, 0) is 7.05 Å². The molecule has 2 fully saturated rings. The van der Waals surface area contributed by atoms with E-state index in [1.54, 1.807) is 7.05 Å². The van der Waals surface area contributed by atoms with Gasteiger partial charge in [-0.3, -0.25) is 4.79 Å². The van der Waals surface area contributed by atoms with E-state index in [2.05, 4.69) is 5.32 Å². The minimum Gasteiger partial charge on any atom is -0.383 e. The molecule has 0 aromatic rings. The number of piperidine rings is 1. The van der Waals surface area contributed by atoms with E-state index in [1.807, 2.05) is 4.90 Å². The highest BCUT2D eigenvalue weighted by molar-refractivity contribution is 5.89. The molecule has 74 valence electrons. The van der Waals surface area contributed by atoms with Gasteiger partial charge in [-0.15, -0.1) is 0 Å². The summed E-state index contributed by atoms with van der Waals surface area (Å²) in [5.41, 5.74) is -3.60. The second kappa shape index (κ2) is 2.42. The molecule has 2 aliphatic heterocycles. The van der Waals surface area contributed by atoms with Gasteiger partial charge in [0.25, 0.3) is 5.91 Å². The molecule has 1 amide bonds. The van der Waals surface area contributed by atoms with E-state index >= 15 is 0 Å². The number of carbonyl (C=O) groups excluding carboxylic acids is 1. The Morgan fingerprint density at radius 2 is 2.38 bits per heavy atom. The highest BCUT2D eigenvalue weighted by atomic mass is 19.1. The van der Waals surface area contributed by atoms with Crippen LogP contribution in [0.15, 0.2) is 0 Å². The molecule has 0 aromatic heterocycles. The Bertz CT molecular complexity index is 261. The first-order valence-electron chi connectivity index (χ1n) is 4.36. The van der Waals surface area contributed by atoms with Crippen molar-refractivity contribution in [2.75, 3.05) is 26.7 Å². The molecule has 5 heteroatoms. The molecular weight excluding hydrogens is 175 g/mol. The first-order chi connectivity index (χ1) is 5.98. The third kappa shape index (κ3) is 1.00. The Labute approximate surface area is 75.7 Å². The van der Waals surface area contributed by atoms with Gasteiger partial charge >= 0.3 is 0 Å². The minimum absolute atomic E-state index is 0.0205. The molecule has 2 aliphatic rings. The maximum absolute atomic E-state index is 14.0. The fourth-order valence-electron chi connectivity index (χ4n) is 2.12. The number of fused-ring (bicyclic) bond motifs is 1. The molecule has 0 aromatic carbocycles. The maximum atomic E-state index is 14.0. The van der Waals surface area contributed by atoms with Crippen molar-refractivity contribution in [1.82, 2.24) is 10.2 Å². The van der Waals surface area contributed by atoms with Crippen LogP contribution in [-0.4, -0.2) is 53.9 Å². The molecule has 4 nitrogen and oxygen atoms in total. The smallest absolute Gasteiger partial charge is 0.261 e. The average molecular weight is 188 g/mol. The van der Waals surface area contributed by atoms with Crippen molar-refractivity contribution in [3.63, 3.8) is 0 Å². The SMILES string of the molecule is CN1CC[C@@]2(F)C(=O)NC[C@@]2(O)C1. The molecule has 0 spiro atoms. The van der Waals surface area contributed by atoms with Crippen molar-refractivity contribution in [1.29, 1.82) is 0 Å². The van der Waals surface area contributed by atoms with Crippen LogP contribution in [0.3, 0.4) is 0 Å². The molecule has 0 bridgehead atoms. The number of alkyl halides is 1. The average Bonchev–Trinajstić information content (AvgIpc) is 2.28. The van der Waals surface area contributed by atoms with Crippen molar-refractivity contribution in [2.45, 2.75) is 17.7 Å². The van der Waals surface area contributed by atoms with Crippen LogP contribution in [0.2, 0.25) is 0 Å². The van der Waals surface area contributed by atoms with Gasteiger partial charge in [0.15, 0.2) is 0 Å². The fourth-order valence-corrected chi connectivity index (χ4v) is 2.12. The molecule has 0 radical (unpaired) electrons. The van der Waals surface area contributed by atoms with Gasteiger partial charge in [-0.25, -0.2) is 4.39 Å². The number of hydrogen-bond donors (Lipinski definition) is 2. The van der Waals surface area contributed by atoms with Crippen LogP contribution >= 0.6 is 0 Å². The summed E-state index contributed by atoms with van der Waals surface area (Å²) >= 11 is 0. The summed E-state index contributed by atoms with van der Waals surface area (Å²) < 4.78 is 14.0. The Morgan fingerprint density at radius 3 is 3.08 bits per heavy atom. The van der Waals surface area contributed by atoms with Crippen molar-refractivity contribution in [2.24, 2.45) is 0 Å². The van der Waals surface area contributed by atoms with Gasteiger partial charge in [0.1, 0.15) is 5.60 Å². The third-order valence-electron chi connectivity index (χ3n) is 3.01. The normalized spacial score (nSPS) is 45.9. The third-order valence-corrected chi connectivity index (χ3v) is 3.01. The van der Waals surface area contributed by atoms with Crippen molar-refractivity contribution >= 4 is 5.91 Å². The zero-order valence-corrected chi connectivity index (χ0v) is 7.51. The largest absolute Gasteiger partial charge is 0.383 e. The van der Waals surface area contributed by atoms with Gasteiger partial charge in [0.05, 0.1) is 6.54 Å². The number of nitrogens with zero attached hydrogens (tertiary/aromatic N) is 1. The Hall–Kier alpha value is -0.680. The summed E-state index contributed by atoms with van der Waals surface area (Å²) in [6, 6.07) is 0. The summed E-state index contributed by atoms with van der Waals surface area (Å²) in [6.07, 6.45) is 0.0752. The second-order valence-electron chi connectivity index (χ2n) is 4.00. The Kier molecular flexibility index (Phi) is 1.66. The van der Waals surface area contributed by atoms with Gasteiger partial charge in [0.2, 0.25) is 5.67 Å². The van der Waals surface area contributed by atoms with Crippen LogP contribution in [0.1, 0.15) is 6.42 Å². The lowest BCUT2D eigenvalue weighted by atomic mass is 9.81. The lowest BCUT2D eigenvalue weighted by Gasteiger charge is -2.41. The first kappa shape index (κ1) is 8.90. The summed E-state index contributed by atoms with van der Waals surface area (Å²) in [4.78, 5) is 13.0. The predicted molar refractivity (Wildman–Crippen MR) is 43.9 cm³/mol. The fraction of sp³-hybridized carbons (Fsp3) is 0.875. The molecule has 0 aliphatic carbocycles. The standard InChI is InChI=1S/C8H13FN2O2/c1-11-3-2-8(9)6(12)10-4-7(8,13)5-11/h13H,2-5H2,1H3,(H,10,12)/t7-,8-/m1/s1. The molecule has 2 saturated heterocycles. The van der Waals surface area contributed by atoms with Crippen molar-refractivity contribution < 1.29 is 14.3 Å². The van der Waals surface area contributed by atoms with Crippen LogP contribution < -0.4 is 5.32 Å². The van der Waals surface area contributed by atoms with Crippen molar-refractivity contribution in [3.8, 4) is 0 Å². The number of nitrogens with one attached hydrogen (secondary N) is 1. The highest BCUT2D eigenvalue weighted by Crippen LogP contribution is 2.38. The monoisotopic (exact) mass is 188 g/mol. The van der Waals surface area contributed by atoms with Gasteiger partial charge in [-0.1, -0.05) is 0 Å². The number of likely N-dealkylation sites (tertiary alicyclic amines) is 1. The molecule has 0 unspecified atom stereocenters. The number of likely N-dealkylation sites (N-methyl/N-ethyl adjacent to an activating group) is 1. The number of rotatable bonds is 0. The zero-order chi connectivity index (χ0) is 9.69. The van der Waals surface area contributed by atoms with Crippen LogP contribution in [0.25, 0.3) is 0 Å². The van der Waals surface area contributed by atoms with E-state index in [-0.39, 0.29) is 19.5 Å². The van der Waals surface area contributed by atoms with Gasteiger partial charge in [-0.2, -0.15) is 0 Å². The van der Waals surface area contributed by atoms with E-state index in [0.717, 1.165) is 0 Å². The second-order valence-corrected chi connectivity index (χ2v) is 4.00. The highest BCUT2D eigenvalue weighted by Gasteiger charge is 2.63. The lowest BCUT2D eigenvalue weighted by Crippen LogP contribution is -2.62. The zero-order valence-electron chi connectivity index (χ0n) is 7.51. The summed E-state index contributed by atoms with van der Waals surface area (Å²) in [5.74, 6) is -0.664. The van der Waals surface area contributed by atoms with Crippen LogP contribution in [0, 0.1) is 0 Å². The minimum atomic E-state index is -2.07. The number of amides is 1. The maximum Gasteiger partial charge on any atom is 0.261 e. The molecule has 2 heterocycles. The molecule has 2 rings (SSSR count). The molecular formula is C8H13FN2O2. The van der Waals surface area contributed by atoms with Crippen molar-refractivity contribution in [3.05, 3.63) is 0 Å². The summed E-state index contributed by atoms with van der Waals surface area (Å²) in [5, 5.41) is 12.3. The first-order valence-corrected chi connectivity index (χ1v) is 4.36. The van der Waals surface area contributed by atoms with E-state index in [1.165, 1.54) is 0 Å². The quantitative estimate of drug-likeness (QED) is 0.507. The van der Waals surface area contributed by atoms with Gasteiger partial charge < -0.3 is 15.3 Å². The van der Waals surface area contributed by atoms with Crippen LogP contribution in [0.5, 0.6) is 0 Å². The molecule has 2 atom stereocenters. The van der Waals surface area contributed by atoms with E-state index in [9.17, 15) is 14.3 Å². The van der Waals surface area contributed by atoms with E-state index < -0.39 is 17.2 Å². The number of carbonyl (C=O) groups is 1. The Morgan fingerprint density at radius 1 is 1.69 bits per heavy atom. The number of β-amino-alcohol motifs (C(OH)–C–C–N with tert-alkyl or cyclic N) is 1. The summed E-state index contributed by atoms with van der Waals surface area (Å²) in [6.45, 7) is 0.737. The van der Waals surface area contributed by atoms with Crippen LogP contribution in [-0.2, 0) is 4.79 Å². The molecule has 0 saturated carbocycles. The number of hydrogen-bond acceptors (Lipinski definition) is 3. The predicted octanol–water partition coefficient (Wildman–Crippen LogP) is -1.11. The number of halogens is 1.